The Labute approximate surface area is 350 Å². The average Bonchev–Trinajstić information content (AvgIpc) is 3.72. The van der Waals surface area contributed by atoms with Crippen molar-refractivity contribution in [1.29, 1.82) is 0 Å². The SMILES string of the molecule is c1ccc(-c2cccc(-c3ccc(C(c4ccc(-c5cccc(-c6ccccc6)c5)cc4)c4ccc(-c5ccc6c(c5)oc5ccc7ccccc7c56)cc4)cc3)c2)cc1. The van der Waals surface area contributed by atoms with E-state index in [1.807, 2.05) is 0 Å². The molecule has 0 spiro atoms. The summed E-state index contributed by atoms with van der Waals surface area (Å²) in [6.07, 6.45) is 0. The van der Waals surface area contributed by atoms with Gasteiger partial charge in [0.05, 0.1) is 0 Å². The van der Waals surface area contributed by atoms with E-state index < -0.39 is 0 Å². The fourth-order valence-electron chi connectivity index (χ4n) is 8.93. The van der Waals surface area contributed by atoms with E-state index in [2.05, 4.69) is 237 Å². The first-order valence-electron chi connectivity index (χ1n) is 20.7. The number of furan rings is 1. The summed E-state index contributed by atoms with van der Waals surface area (Å²) in [5.41, 5.74) is 17.6. The van der Waals surface area contributed by atoms with Crippen molar-refractivity contribution in [1.82, 2.24) is 0 Å². The first-order chi connectivity index (χ1) is 29.7. The van der Waals surface area contributed by atoms with E-state index in [0.29, 0.717) is 0 Å². The van der Waals surface area contributed by atoms with Crippen molar-refractivity contribution in [3.63, 3.8) is 0 Å². The fraction of sp³-hybridized carbons (Fsp3) is 0.0169. The van der Waals surface area contributed by atoms with Crippen LogP contribution in [-0.4, -0.2) is 0 Å². The molecule has 0 atom stereocenters. The molecule has 0 bridgehead atoms. The molecule has 282 valence electrons. The zero-order valence-corrected chi connectivity index (χ0v) is 33.0. The molecule has 11 rings (SSSR count). The molecule has 0 aliphatic heterocycles. The second-order valence-corrected chi connectivity index (χ2v) is 15.7. The summed E-state index contributed by atoms with van der Waals surface area (Å²) < 4.78 is 6.44. The molecule has 1 heteroatoms. The molecule has 1 aromatic heterocycles. The Bertz CT molecular complexity index is 3140. The quantitative estimate of drug-likeness (QED) is 0.140. The van der Waals surface area contributed by atoms with Gasteiger partial charge in [0.1, 0.15) is 11.2 Å². The zero-order chi connectivity index (χ0) is 39.8. The van der Waals surface area contributed by atoms with Crippen molar-refractivity contribution in [3.8, 4) is 55.6 Å². The highest BCUT2D eigenvalue weighted by Gasteiger charge is 2.19. The van der Waals surface area contributed by atoms with Crippen molar-refractivity contribution in [2.24, 2.45) is 0 Å². The Balaban J connectivity index is 0.948. The Kier molecular flexibility index (Phi) is 8.98. The molecular weight excluding hydrogens is 725 g/mol. The normalized spacial score (nSPS) is 11.5. The Morgan fingerprint density at radius 1 is 0.250 bits per heavy atom. The smallest absolute Gasteiger partial charge is 0.136 e. The van der Waals surface area contributed by atoms with Crippen LogP contribution in [0.3, 0.4) is 0 Å². The minimum Gasteiger partial charge on any atom is -0.456 e. The van der Waals surface area contributed by atoms with Crippen LogP contribution in [0.15, 0.2) is 241 Å². The van der Waals surface area contributed by atoms with Crippen molar-refractivity contribution < 1.29 is 4.42 Å². The number of benzene rings is 10. The molecule has 10 aromatic carbocycles. The molecule has 0 aliphatic carbocycles. The molecule has 0 radical (unpaired) electrons. The summed E-state index contributed by atoms with van der Waals surface area (Å²) in [7, 11) is 0. The highest BCUT2D eigenvalue weighted by Crippen LogP contribution is 2.39. The molecular formula is C59H40O. The van der Waals surface area contributed by atoms with E-state index in [0.717, 1.165) is 27.7 Å². The topological polar surface area (TPSA) is 13.1 Å². The minimum absolute atomic E-state index is 0.0413. The van der Waals surface area contributed by atoms with Gasteiger partial charge in [-0.2, -0.15) is 0 Å². The van der Waals surface area contributed by atoms with Crippen LogP contribution in [0.25, 0.3) is 88.3 Å². The maximum absolute atomic E-state index is 6.44. The number of fused-ring (bicyclic) bond motifs is 5. The van der Waals surface area contributed by atoms with Gasteiger partial charge in [0.25, 0.3) is 0 Å². The Hall–Kier alpha value is -7.74. The van der Waals surface area contributed by atoms with Gasteiger partial charge in [0.15, 0.2) is 0 Å². The predicted molar refractivity (Wildman–Crippen MR) is 252 cm³/mol. The molecule has 1 heterocycles. The third-order valence-electron chi connectivity index (χ3n) is 12.0. The third-order valence-corrected chi connectivity index (χ3v) is 12.0. The fourth-order valence-corrected chi connectivity index (χ4v) is 8.93. The standard InChI is InChI=1S/C59H40O/c1-3-11-40(12-4-1)49-16-9-18-51(37-49)42-21-27-46(28-22-42)58(47-29-23-43(24-30-47)52-19-10-17-50(38-52)41-13-5-2-6-14-41)48-31-25-44(26-32-48)53-33-35-55-57(39-53)60-56-36-34-45-15-7-8-20-54(45)59(55)56/h1-39,58H. The van der Waals surface area contributed by atoms with Gasteiger partial charge in [-0.25, -0.2) is 0 Å². The van der Waals surface area contributed by atoms with Crippen LogP contribution < -0.4 is 0 Å². The van der Waals surface area contributed by atoms with E-state index >= 15 is 0 Å². The maximum atomic E-state index is 6.44. The number of hydrogen-bond acceptors (Lipinski definition) is 1. The van der Waals surface area contributed by atoms with Crippen LogP contribution in [0.5, 0.6) is 0 Å². The molecule has 0 N–H and O–H groups in total. The molecule has 60 heavy (non-hydrogen) atoms. The lowest BCUT2D eigenvalue weighted by atomic mass is 9.83. The van der Waals surface area contributed by atoms with E-state index in [1.165, 1.54) is 77.4 Å². The van der Waals surface area contributed by atoms with E-state index in [1.54, 1.807) is 0 Å². The highest BCUT2D eigenvalue weighted by atomic mass is 16.3. The van der Waals surface area contributed by atoms with Crippen molar-refractivity contribution in [2.75, 3.05) is 0 Å². The first kappa shape index (κ1) is 35.4. The van der Waals surface area contributed by atoms with Crippen LogP contribution >= 0.6 is 0 Å². The Morgan fingerprint density at radius 3 is 1.15 bits per heavy atom. The molecule has 0 aliphatic rings. The summed E-state index contributed by atoms with van der Waals surface area (Å²) in [5, 5.41) is 4.77. The summed E-state index contributed by atoms with van der Waals surface area (Å²) in [6.45, 7) is 0. The van der Waals surface area contributed by atoms with Crippen molar-refractivity contribution in [2.45, 2.75) is 5.92 Å². The second-order valence-electron chi connectivity index (χ2n) is 15.7. The third kappa shape index (κ3) is 6.67. The van der Waals surface area contributed by atoms with E-state index in [-0.39, 0.29) is 5.92 Å². The van der Waals surface area contributed by atoms with Gasteiger partial charge in [-0.05, 0) is 113 Å². The van der Waals surface area contributed by atoms with Crippen LogP contribution in [0.2, 0.25) is 0 Å². The van der Waals surface area contributed by atoms with Crippen LogP contribution in [0, 0.1) is 0 Å². The number of rotatable bonds is 8. The average molecular weight is 765 g/mol. The van der Waals surface area contributed by atoms with Crippen molar-refractivity contribution >= 4 is 32.7 Å². The first-order valence-corrected chi connectivity index (χ1v) is 20.7. The molecule has 11 aromatic rings. The zero-order valence-electron chi connectivity index (χ0n) is 33.0. The lowest BCUT2D eigenvalue weighted by molar-refractivity contribution is 0.669. The van der Waals surface area contributed by atoms with Crippen molar-refractivity contribution in [3.05, 3.63) is 253 Å². The minimum atomic E-state index is 0.0413. The van der Waals surface area contributed by atoms with Crippen LogP contribution in [-0.2, 0) is 0 Å². The second kappa shape index (κ2) is 15.2. The number of hydrogen-bond donors (Lipinski definition) is 0. The maximum Gasteiger partial charge on any atom is 0.136 e. The van der Waals surface area contributed by atoms with Crippen LogP contribution in [0.1, 0.15) is 22.6 Å². The van der Waals surface area contributed by atoms with Gasteiger partial charge >= 0.3 is 0 Å². The summed E-state index contributed by atoms with van der Waals surface area (Å²) in [6, 6.07) is 85.7. The summed E-state index contributed by atoms with van der Waals surface area (Å²) in [4.78, 5) is 0. The van der Waals surface area contributed by atoms with Gasteiger partial charge < -0.3 is 4.42 Å². The molecule has 0 unspecified atom stereocenters. The molecule has 0 saturated carbocycles. The van der Waals surface area contributed by atoms with E-state index in [9.17, 15) is 0 Å². The molecule has 0 amide bonds. The van der Waals surface area contributed by atoms with Gasteiger partial charge in [-0.1, -0.05) is 206 Å². The summed E-state index contributed by atoms with van der Waals surface area (Å²) >= 11 is 0. The largest absolute Gasteiger partial charge is 0.456 e. The highest BCUT2D eigenvalue weighted by molar-refractivity contribution is 6.19. The molecule has 0 fully saturated rings. The monoisotopic (exact) mass is 764 g/mol. The van der Waals surface area contributed by atoms with Gasteiger partial charge in [-0.3, -0.25) is 0 Å². The van der Waals surface area contributed by atoms with E-state index in [4.69, 9.17) is 4.42 Å². The van der Waals surface area contributed by atoms with Gasteiger partial charge in [0.2, 0.25) is 0 Å². The lowest BCUT2D eigenvalue weighted by Gasteiger charge is -2.20. The van der Waals surface area contributed by atoms with Gasteiger partial charge in [-0.15, -0.1) is 0 Å². The summed E-state index contributed by atoms with van der Waals surface area (Å²) in [5.74, 6) is 0.0413. The molecule has 1 nitrogen and oxygen atoms in total. The predicted octanol–water partition coefficient (Wildman–Crippen LogP) is 16.3. The molecule has 0 saturated heterocycles. The van der Waals surface area contributed by atoms with Gasteiger partial charge in [0, 0.05) is 16.7 Å². The van der Waals surface area contributed by atoms with Crippen LogP contribution in [0.4, 0.5) is 0 Å². The lowest BCUT2D eigenvalue weighted by Crippen LogP contribution is -2.03. The Morgan fingerprint density at radius 2 is 0.650 bits per heavy atom.